The summed E-state index contributed by atoms with van der Waals surface area (Å²) in [6, 6.07) is 27.8. The van der Waals surface area contributed by atoms with Gasteiger partial charge in [-0.2, -0.15) is 0 Å². The molecule has 0 N–H and O–H groups in total. The van der Waals surface area contributed by atoms with Gasteiger partial charge >= 0.3 is 0 Å². The number of ketones is 1. The molecule has 3 aromatic rings. The van der Waals surface area contributed by atoms with Crippen molar-refractivity contribution < 1.29 is 9.53 Å². The number of Topliss-reactive ketones (excluding diaryl/α,β-unsaturated/α-hetero) is 1. The summed E-state index contributed by atoms with van der Waals surface area (Å²) in [5.74, 6) is 0.792. The number of hydrogen-bond donors (Lipinski definition) is 0. The monoisotopic (exact) mass is 386 g/mol. The largest absolute Gasteiger partial charge is 0.489 e. The Hall–Kier alpha value is -3.04. The minimum Gasteiger partial charge on any atom is -0.489 e. The van der Waals surface area contributed by atoms with E-state index in [2.05, 4.69) is 0 Å². The third-order valence-electron chi connectivity index (χ3n) is 3.97. The topological polar surface area (TPSA) is 26.3 Å². The first-order valence-electron chi connectivity index (χ1n) is 9.11. The molecule has 0 radical (unpaired) electrons. The molecule has 28 heavy (non-hydrogen) atoms. The molecule has 3 rings (SSSR count). The molecule has 0 aliphatic carbocycles. The average Bonchev–Trinajstić information content (AvgIpc) is 2.73. The molecule has 0 aliphatic heterocycles. The standard InChI is InChI=1S/C25H22O2S/c1-20(26)25(28-23-15-6-3-7-16-23)19-22-14-8-9-17-24(22)27-18-10-13-21-11-4-2-5-12-21/h2-17,19H,18H2,1H3/b13-10+,25-19-. The van der Waals surface area contributed by atoms with Crippen molar-refractivity contribution in [2.75, 3.05) is 6.61 Å². The van der Waals surface area contributed by atoms with Crippen molar-refractivity contribution in [3.05, 3.63) is 107 Å². The SMILES string of the molecule is CC(=O)/C(=C/c1ccccc1OC/C=C/c1ccccc1)Sc1ccccc1. The molecule has 2 nitrogen and oxygen atoms in total. The van der Waals surface area contributed by atoms with Gasteiger partial charge in [-0.05, 0) is 42.8 Å². The highest BCUT2D eigenvalue weighted by molar-refractivity contribution is 8.04. The van der Waals surface area contributed by atoms with E-state index < -0.39 is 0 Å². The molecular weight excluding hydrogens is 364 g/mol. The summed E-state index contributed by atoms with van der Waals surface area (Å²) in [6.07, 6.45) is 5.92. The van der Waals surface area contributed by atoms with Crippen LogP contribution >= 0.6 is 11.8 Å². The molecule has 3 heteroatoms. The summed E-state index contributed by atoms with van der Waals surface area (Å²) >= 11 is 1.47. The maximum atomic E-state index is 12.1. The minimum atomic E-state index is 0.0348. The molecule has 0 aromatic heterocycles. The molecule has 140 valence electrons. The molecule has 0 bridgehead atoms. The van der Waals surface area contributed by atoms with Gasteiger partial charge in [0.2, 0.25) is 0 Å². The summed E-state index contributed by atoms with van der Waals surface area (Å²) in [5, 5.41) is 0. The van der Waals surface area contributed by atoms with Crippen LogP contribution in [-0.2, 0) is 4.79 Å². The predicted octanol–water partition coefficient (Wildman–Crippen LogP) is 6.50. The number of thioether (sulfide) groups is 1. The van der Waals surface area contributed by atoms with Crippen LogP contribution in [0.25, 0.3) is 12.2 Å². The third kappa shape index (κ3) is 6.00. The number of carbonyl (C=O) groups is 1. The minimum absolute atomic E-state index is 0.0348. The lowest BCUT2D eigenvalue weighted by atomic mass is 10.1. The fourth-order valence-electron chi connectivity index (χ4n) is 2.58. The van der Waals surface area contributed by atoms with Gasteiger partial charge in [-0.15, -0.1) is 0 Å². The lowest BCUT2D eigenvalue weighted by Gasteiger charge is -2.09. The number of carbonyl (C=O) groups excluding carboxylic acids is 1. The summed E-state index contributed by atoms with van der Waals surface area (Å²) in [4.78, 5) is 13.9. The molecular formula is C25H22O2S. The summed E-state index contributed by atoms with van der Waals surface area (Å²) in [7, 11) is 0. The molecule has 0 atom stereocenters. The zero-order valence-electron chi connectivity index (χ0n) is 15.7. The molecule has 0 saturated carbocycles. The van der Waals surface area contributed by atoms with Crippen molar-refractivity contribution in [1.82, 2.24) is 0 Å². The van der Waals surface area contributed by atoms with E-state index in [0.717, 1.165) is 21.8 Å². The Morgan fingerprint density at radius 3 is 2.25 bits per heavy atom. The number of ether oxygens (including phenoxy) is 1. The number of rotatable bonds is 8. The fourth-order valence-corrected chi connectivity index (χ4v) is 3.45. The van der Waals surface area contributed by atoms with E-state index in [1.54, 1.807) is 6.92 Å². The smallest absolute Gasteiger partial charge is 0.166 e. The van der Waals surface area contributed by atoms with Crippen molar-refractivity contribution in [3.8, 4) is 5.75 Å². The van der Waals surface area contributed by atoms with Gasteiger partial charge in [0.15, 0.2) is 5.78 Å². The number of para-hydroxylation sites is 1. The highest BCUT2D eigenvalue weighted by atomic mass is 32.2. The molecule has 0 aliphatic rings. The van der Waals surface area contributed by atoms with E-state index in [0.29, 0.717) is 11.5 Å². The van der Waals surface area contributed by atoms with Crippen LogP contribution in [0.4, 0.5) is 0 Å². The lowest BCUT2D eigenvalue weighted by molar-refractivity contribution is -0.112. The van der Waals surface area contributed by atoms with Gasteiger partial charge in [-0.25, -0.2) is 0 Å². The second-order valence-corrected chi connectivity index (χ2v) is 7.26. The van der Waals surface area contributed by atoms with Gasteiger partial charge in [0.25, 0.3) is 0 Å². The Morgan fingerprint density at radius 1 is 0.893 bits per heavy atom. The normalized spacial score (nSPS) is 11.5. The van der Waals surface area contributed by atoms with Gasteiger partial charge in [-0.1, -0.05) is 84.6 Å². The van der Waals surface area contributed by atoms with Gasteiger partial charge in [0, 0.05) is 10.5 Å². The molecule has 0 heterocycles. The first kappa shape index (κ1) is 19.7. The molecule has 3 aromatic carbocycles. The van der Waals surface area contributed by atoms with Crippen molar-refractivity contribution in [1.29, 1.82) is 0 Å². The average molecular weight is 387 g/mol. The molecule has 0 saturated heterocycles. The van der Waals surface area contributed by atoms with Crippen molar-refractivity contribution >= 4 is 29.7 Å². The summed E-state index contributed by atoms with van der Waals surface area (Å²) in [6.45, 7) is 2.05. The van der Waals surface area contributed by atoms with Crippen LogP contribution < -0.4 is 4.74 Å². The van der Waals surface area contributed by atoms with Gasteiger partial charge in [0.05, 0.1) is 4.91 Å². The summed E-state index contributed by atoms with van der Waals surface area (Å²) < 4.78 is 5.94. The van der Waals surface area contributed by atoms with E-state index >= 15 is 0 Å². The second kappa shape index (κ2) is 10.3. The second-order valence-electron chi connectivity index (χ2n) is 6.14. The zero-order chi connectivity index (χ0) is 19.6. The van der Waals surface area contributed by atoms with Crippen molar-refractivity contribution in [2.24, 2.45) is 0 Å². The number of hydrogen-bond acceptors (Lipinski definition) is 3. The van der Waals surface area contributed by atoms with Crippen LogP contribution in [0.15, 0.2) is 101 Å². The first-order valence-corrected chi connectivity index (χ1v) is 9.93. The van der Waals surface area contributed by atoms with Crippen LogP contribution in [0.5, 0.6) is 5.75 Å². The van der Waals surface area contributed by atoms with Crippen LogP contribution in [0, 0.1) is 0 Å². The number of allylic oxidation sites excluding steroid dienone is 1. The fraction of sp³-hybridized carbons (Fsp3) is 0.0800. The van der Waals surface area contributed by atoms with Gasteiger partial charge < -0.3 is 4.74 Å². The Morgan fingerprint density at radius 2 is 1.54 bits per heavy atom. The van der Waals surface area contributed by atoms with Gasteiger partial charge in [0.1, 0.15) is 12.4 Å². The van der Waals surface area contributed by atoms with E-state index in [9.17, 15) is 4.79 Å². The van der Waals surface area contributed by atoms with Crippen molar-refractivity contribution in [2.45, 2.75) is 11.8 Å². The Labute approximate surface area is 170 Å². The van der Waals surface area contributed by atoms with E-state index in [1.807, 2.05) is 103 Å². The Kier molecular flexibility index (Phi) is 7.28. The highest BCUT2D eigenvalue weighted by Crippen LogP contribution is 2.31. The van der Waals surface area contributed by atoms with Gasteiger partial charge in [-0.3, -0.25) is 4.79 Å². The summed E-state index contributed by atoms with van der Waals surface area (Å²) in [5.41, 5.74) is 2.03. The third-order valence-corrected chi connectivity index (χ3v) is 5.10. The molecule has 0 unspecified atom stereocenters. The predicted molar refractivity (Wildman–Crippen MR) is 118 cm³/mol. The van der Waals surface area contributed by atoms with E-state index in [1.165, 1.54) is 11.8 Å². The van der Waals surface area contributed by atoms with E-state index in [-0.39, 0.29) is 5.78 Å². The lowest BCUT2D eigenvalue weighted by Crippen LogP contribution is -1.97. The molecule has 0 spiro atoms. The zero-order valence-corrected chi connectivity index (χ0v) is 16.6. The Balaban J connectivity index is 1.73. The van der Waals surface area contributed by atoms with Crippen LogP contribution in [0.2, 0.25) is 0 Å². The van der Waals surface area contributed by atoms with Crippen LogP contribution in [0.3, 0.4) is 0 Å². The maximum Gasteiger partial charge on any atom is 0.166 e. The molecule has 0 amide bonds. The molecule has 0 fully saturated rings. The number of benzene rings is 3. The first-order chi connectivity index (χ1) is 13.7. The van der Waals surface area contributed by atoms with Crippen LogP contribution in [-0.4, -0.2) is 12.4 Å². The van der Waals surface area contributed by atoms with E-state index in [4.69, 9.17) is 4.74 Å². The Bertz CT molecular complexity index is 960. The maximum absolute atomic E-state index is 12.1. The van der Waals surface area contributed by atoms with Crippen LogP contribution in [0.1, 0.15) is 18.1 Å². The van der Waals surface area contributed by atoms with Crippen molar-refractivity contribution in [3.63, 3.8) is 0 Å². The highest BCUT2D eigenvalue weighted by Gasteiger charge is 2.09. The quantitative estimate of drug-likeness (QED) is 0.326.